The van der Waals surface area contributed by atoms with Gasteiger partial charge in [0.05, 0.1) is 6.42 Å². The van der Waals surface area contributed by atoms with E-state index in [1.165, 1.54) is 19.2 Å². The largest absolute Gasteiger partial charge is 0.481 e. The zero-order valence-corrected chi connectivity index (χ0v) is 9.95. The molecule has 1 aromatic heterocycles. The number of anilines is 1. The average molecular weight is 268 g/mol. The lowest BCUT2D eigenvalue weighted by Gasteiger charge is -2.12. The third kappa shape index (κ3) is 4.22. The van der Waals surface area contributed by atoms with Crippen LogP contribution in [0.5, 0.6) is 0 Å². The number of nitrogens with one attached hydrogen (secondary N) is 2. The van der Waals surface area contributed by atoms with Crippen LogP contribution in [0, 0.1) is 0 Å². The standard InChI is InChI=1S/C10H12N4O5/c1-11-9(17)5-2-3-7(14-13-5)12-6(10(18)19)4-8(15)16/h2-3,6H,4H2,1H3,(H,11,17)(H,12,14)(H,15,16)(H,18,19). The van der Waals surface area contributed by atoms with Gasteiger partial charge >= 0.3 is 11.9 Å². The van der Waals surface area contributed by atoms with Crippen LogP contribution in [0.3, 0.4) is 0 Å². The zero-order chi connectivity index (χ0) is 14.4. The summed E-state index contributed by atoms with van der Waals surface area (Å²) < 4.78 is 0. The van der Waals surface area contributed by atoms with Crippen LogP contribution in [0.2, 0.25) is 0 Å². The van der Waals surface area contributed by atoms with E-state index in [0.717, 1.165) is 0 Å². The molecule has 1 aromatic rings. The van der Waals surface area contributed by atoms with Gasteiger partial charge in [-0.05, 0) is 12.1 Å². The van der Waals surface area contributed by atoms with Crippen molar-refractivity contribution in [1.82, 2.24) is 15.5 Å². The highest BCUT2D eigenvalue weighted by Gasteiger charge is 2.21. The Kier molecular flexibility index (Phi) is 4.75. The van der Waals surface area contributed by atoms with E-state index >= 15 is 0 Å². The fourth-order valence-electron chi connectivity index (χ4n) is 1.21. The van der Waals surface area contributed by atoms with Crippen LogP contribution in [0.15, 0.2) is 12.1 Å². The van der Waals surface area contributed by atoms with Gasteiger partial charge in [0.1, 0.15) is 11.9 Å². The van der Waals surface area contributed by atoms with E-state index in [1.54, 1.807) is 0 Å². The first-order chi connectivity index (χ1) is 8.93. The number of aliphatic carboxylic acids is 2. The van der Waals surface area contributed by atoms with E-state index in [2.05, 4.69) is 20.8 Å². The van der Waals surface area contributed by atoms with Crippen LogP contribution < -0.4 is 10.6 Å². The van der Waals surface area contributed by atoms with E-state index in [9.17, 15) is 14.4 Å². The molecule has 19 heavy (non-hydrogen) atoms. The molecule has 0 aliphatic heterocycles. The van der Waals surface area contributed by atoms with Crippen molar-refractivity contribution in [2.45, 2.75) is 12.5 Å². The van der Waals surface area contributed by atoms with Gasteiger partial charge in [0.15, 0.2) is 5.69 Å². The van der Waals surface area contributed by atoms with Gasteiger partial charge in [-0.25, -0.2) is 4.79 Å². The lowest BCUT2D eigenvalue weighted by atomic mass is 10.2. The van der Waals surface area contributed by atoms with Crippen LogP contribution >= 0.6 is 0 Å². The van der Waals surface area contributed by atoms with Crippen LogP contribution in [0.1, 0.15) is 16.9 Å². The zero-order valence-electron chi connectivity index (χ0n) is 9.95. The molecule has 0 aromatic carbocycles. The van der Waals surface area contributed by atoms with Gasteiger partial charge in [-0.1, -0.05) is 0 Å². The molecule has 102 valence electrons. The van der Waals surface area contributed by atoms with Gasteiger partial charge in [-0.2, -0.15) is 0 Å². The number of rotatable bonds is 6. The molecule has 0 aliphatic rings. The molecule has 0 spiro atoms. The Bertz CT molecular complexity index is 487. The van der Waals surface area contributed by atoms with Gasteiger partial charge in [-0.3, -0.25) is 9.59 Å². The summed E-state index contributed by atoms with van der Waals surface area (Å²) in [6.45, 7) is 0. The lowest BCUT2D eigenvalue weighted by Crippen LogP contribution is -2.32. The highest BCUT2D eigenvalue weighted by Crippen LogP contribution is 2.06. The Morgan fingerprint density at radius 2 is 1.95 bits per heavy atom. The van der Waals surface area contributed by atoms with Crippen LogP contribution in [-0.4, -0.2) is 51.3 Å². The van der Waals surface area contributed by atoms with Crippen molar-refractivity contribution in [2.75, 3.05) is 12.4 Å². The number of nitrogens with zero attached hydrogens (tertiary/aromatic N) is 2. The lowest BCUT2D eigenvalue weighted by molar-refractivity contribution is -0.144. The Morgan fingerprint density at radius 3 is 2.37 bits per heavy atom. The molecule has 9 heteroatoms. The SMILES string of the molecule is CNC(=O)c1ccc(NC(CC(=O)O)C(=O)O)nn1. The predicted molar refractivity (Wildman–Crippen MR) is 62.7 cm³/mol. The van der Waals surface area contributed by atoms with E-state index in [4.69, 9.17) is 10.2 Å². The molecule has 0 saturated heterocycles. The molecule has 0 saturated carbocycles. The van der Waals surface area contributed by atoms with Gasteiger partial charge in [0.25, 0.3) is 5.91 Å². The summed E-state index contributed by atoms with van der Waals surface area (Å²) in [7, 11) is 1.43. The van der Waals surface area contributed by atoms with E-state index in [-0.39, 0.29) is 11.5 Å². The third-order valence-corrected chi connectivity index (χ3v) is 2.12. The number of carboxylic acids is 2. The maximum atomic E-state index is 11.2. The molecule has 1 heterocycles. The topological polar surface area (TPSA) is 142 Å². The molecule has 0 bridgehead atoms. The summed E-state index contributed by atoms with van der Waals surface area (Å²) in [5.41, 5.74) is 0.0677. The summed E-state index contributed by atoms with van der Waals surface area (Å²) in [5, 5.41) is 29.3. The molecule has 1 unspecified atom stereocenters. The van der Waals surface area contributed by atoms with Crippen LogP contribution in [0.25, 0.3) is 0 Å². The van der Waals surface area contributed by atoms with Crippen molar-refractivity contribution < 1.29 is 24.6 Å². The third-order valence-electron chi connectivity index (χ3n) is 2.12. The molecule has 9 nitrogen and oxygen atoms in total. The Labute approximate surface area is 107 Å². The fourth-order valence-corrected chi connectivity index (χ4v) is 1.21. The number of carboxylic acid groups (broad SMARTS) is 2. The average Bonchev–Trinajstić information content (AvgIpc) is 2.37. The van der Waals surface area contributed by atoms with Crippen molar-refractivity contribution in [3.63, 3.8) is 0 Å². The van der Waals surface area contributed by atoms with E-state index in [0.29, 0.717) is 0 Å². The second-order valence-electron chi connectivity index (χ2n) is 3.52. The summed E-state index contributed by atoms with van der Waals surface area (Å²) >= 11 is 0. The molecule has 0 radical (unpaired) electrons. The Hall–Kier alpha value is -2.71. The molecular formula is C10H12N4O5. The van der Waals surface area contributed by atoms with Crippen molar-refractivity contribution >= 4 is 23.7 Å². The monoisotopic (exact) mass is 268 g/mol. The number of carbonyl (C=O) groups excluding carboxylic acids is 1. The van der Waals surface area contributed by atoms with Crippen LogP contribution in [0.4, 0.5) is 5.82 Å². The normalized spacial score (nSPS) is 11.4. The smallest absolute Gasteiger partial charge is 0.326 e. The first-order valence-electron chi connectivity index (χ1n) is 5.21. The highest BCUT2D eigenvalue weighted by atomic mass is 16.4. The van der Waals surface area contributed by atoms with E-state index in [1.807, 2.05) is 0 Å². The van der Waals surface area contributed by atoms with Gasteiger partial charge in [-0.15, -0.1) is 10.2 Å². The number of hydrogen-bond donors (Lipinski definition) is 4. The summed E-state index contributed by atoms with van der Waals surface area (Å²) in [4.78, 5) is 32.5. The summed E-state index contributed by atoms with van der Waals surface area (Å²) in [5.74, 6) is -2.94. The summed E-state index contributed by atoms with van der Waals surface area (Å²) in [6, 6.07) is 1.36. The number of hydrogen-bond acceptors (Lipinski definition) is 6. The molecule has 4 N–H and O–H groups in total. The molecule has 0 aliphatic carbocycles. The minimum atomic E-state index is -1.32. The van der Waals surface area contributed by atoms with Crippen LogP contribution in [-0.2, 0) is 9.59 Å². The minimum Gasteiger partial charge on any atom is -0.481 e. The minimum absolute atomic E-state index is 0.0677. The number of carbonyl (C=O) groups is 3. The molecule has 1 rings (SSSR count). The maximum Gasteiger partial charge on any atom is 0.326 e. The maximum absolute atomic E-state index is 11.2. The second-order valence-corrected chi connectivity index (χ2v) is 3.52. The first-order valence-corrected chi connectivity index (χ1v) is 5.21. The quantitative estimate of drug-likeness (QED) is 0.524. The van der Waals surface area contributed by atoms with Gasteiger partial charge in [0.2, 0.25) is 0 Å². The Balaban J connectivity index is 2.77. The summed E-state index contributed by atoms with van der Waals surface area (Å²) in [6.07, 6.45) is -0.603. The number of aromatic nitrogens is 2. The van der Waals surface area contributed by atoms with E-state index < -0.39 is 30.3 Å². The molecule has 1 atom stereocenters. The van der Waals surface area contributed by atoms with Gasteiger partial charge in [0, 0.05) is 7.05 Å². The highest BCUT2D eigenvalue weighted by molar-refractivity contribution is 5.92. The first kappa shape index (κ1) is 14.4. The predicted octanol–water partition coefficient (Wildman–Crippen LogP) is -0.824. The second kappa shape index (κ2) is 6.28. The van der Waals surface area contributed by atoms with Crippen molar-refractivity contribution in [2.24, 2.45) is 0 Å². The Morgan fingerprint density at radius 1 is 1.26 bits per heavy atom. The fraction of sp³-hybridized carbons (Fsp3) is 0.300. The molecular weight excluding hydrogens is 256 g/mol. The molecule has 1 amide bonds. The van der Waals surface area contributed by atoms with Crippen molar-refractivity contribution in [3.05, 3.63) is 17.8 Å². The number of amides is 1. The van der Waals surface area contributed by atoms with Gasteiger partial charge < -0.3 is 20.8 Å². The molecule has 0 fully saturated rings. The van der Waals surface area contributed by atoms with Crippen molar-refractivity contribution in [3.8, 4) is 0 Å². The van der Waals surface area contributed by atoms with Crippen molar-refractivity contribution in [1.29, 1.82) is 0 Å².